The second kappa shape index (κ2) is 7.04. The quantitative estimate of drug-likeness (QED) is 0.797. The average Bonchev–Trinajstić information content (AvgIpc) is 2.87. The molecule has 2 rings (SSSR count). The van der Waals surface area contributed by atoms with Crippen molar-refractivity contribution in [2.24, 2.45) is 11.7 Å². The lowest BCUT2D eigenvalue weighted by Crippen LogP contribution is -2.33. The minimum Gasteiger partial charge on any atom is -0.493 e. The molecule has 118 valence electrons. The first-order valence-corrected chi connectivity index (χ1v) is 7.57. The van der Waals surface area contributed by atoms with Crippen molar-refractivity contribution < 1.29 is 9.53 Å². The number of carbonyl (C=O) groups is 1. The zero-order chi connectivity index (χ0) is 15.4. The van der Waals surface area contributed by atoms with Gasteiger partial charge in [-0.2, -0.15) is 5.10 Å². The van der Waals surface area contributed by atoms with Gasteiger partial charge in [0.15, 0.2) is 11.5 Å². The number of nitrogens with two attached hydrogens (primary N) is 1. The molecule has 1 fully saturated rings. The molecule has 1 aliphatic rings. The third-order valence-corrected chi connectivity index (χ3v) is 4.10. The zero-order valence-corrected chi connectivity index (χ0v) is 13.2. The van der Waals surface area contributed by atoms with Crippen molar-refractivity contribution in [2.75, 3.05) is 27.7 Å². The molecule has 2 N–H and O–H groups in total. The Hall–Kier alpha value is -1.40. The van der Waals surface area contributed by atoms with Crippen molar-refractivity contribution in [2.45, 2.75) is 38.3 Å². The molecule has 6 nitrogen and oxygen atoms in total. The van der Waals surface area contributed by atoms with Crippen LogP contribution in [0.4, 0.5) is 0 Å². The average molecular weight is 294 g/mol. The number of likely N-dealkylation sites (N-methyl/N-ethyl adjacent to an activating group) is 1. The summed E-state index contributed by atoms with van der Waals surface area (Å²) in [5, 5.41) is 4.31. The molecule has 0 amide bonds. The lowest BCUT2D eigenvalue weighted by Gasteiger charge is -2.25. The number of ether oxygens (including phenoxy) is 1. The van der Waals surface area contributed by atoms with Crippen molar-refractivity contribution in [1.82, 2.24) is 14.7 Å². The molecular weight excluding hydrogens is 268 g/mol. The summed E-state index contributed by atoms with van der Waals surface area (Å²) < 4.78 is 7.09. The van der Waals surface area contributed by atoms with Crippen molar-refractivity contribution in [1.29, 1.82) is 0 Å². The van der Waals surface area contributed by atoms with Crippen molar-refractivity contribution in [3.8, 4) is 5.75 Å². The summed E-state index contributed by atoms with van der Waals surface area (Å²) in [7, 11) is 5.58. The van der Waals surface area contributed by atoms with E-state index in [1.165, 1.54) is 0 Å². The third kappa shape index (κ3) is 3.83. The maximum atomic E-state index is 12.8. The Labute approximate surface area is 126 Å². The maximum Gasteiger partial charge on any atom is 0.187 e. The highest BCUT2D eigenvalue weighted by Gasteiger charge is 2.30. The number of hydrogen-bond donors (Lipinski definition) is 1. The molecule has 2 atom stereocenters. The summed E-state index contributed by atoms with van der Waals surface area (Å²) in [5.74, 6) is 0.689. The molecule has 1 aromatic heterocycles. The highest BCUT2D eigenvalue weighted by molar-refractivity contribution is 5.98. The molecule has 21 heavy (non-hydrogen) atoms. The van der Waals surface area contributed by atoms with E-state index in [9.17, 15) is 4.79 Å². The summed E-state index contributed by atoms with van der Waals surface area (Å²) in [6, 6.07) is 0.136. The zero-order valence-electron chi connectivity index (χ0n) is 13.2. The monoisotopic (exact) mass is 294 g/mol. The number of carbonyl (C=O) groups excluding carboxylic acids is 1. The van der Waals surface area contributed by atoms with Crippen LogP contribution in [0.5, 0.6) is 5.75 Å². The fraction of sp³-hybridized carbons (Fsp3) is 0.733. The molecule has 0 radical (unpaired) electrons. The van der Waals surface area contributed by atoms with Crippen LogP contribution < -0.4 is 10.5 Å². The van der Waals surface area contributed by atoms with E-state index in [1.807, 2.05) is 14.1 Å². The summed E-state index contributed by atoms with van der Waals surface area (Å²) in [6.45, 7) is 1.51. The number of ketones is 1. The number of aromatic nitrogens is 2. The third-order valence-electron chi connectivity index (χ3n) is 4.10. The Morgan fingerprint density at radius 2 is 2.29 bits per heavy atom. The van der Waals surface area contributed by atoms with Gasteiger partial charge in [-0.25, -0.2) is 0 Å². The Morgan fingerprint density at radius 3 is 2.90 bits per heavy atom. The van der Waals surface area contributed by atoms with Gasteiger partial charge < -0.3 is 15.4 Å². The first-order valence-electron chi connectivity index (χ1n) is 7.57. The van der Waals surface area contributed by atoms with Gasteiger partial charge in [0.05, 0.1) is 19.9 Å². The van der Waals surface area contributed by atoms with Gasteiger partial charge in [0.2, 0.25) is 0 Å². The Morgan fingerprint density at radius 1 is 1.52 bits per heavy atom. The van der Waals surface area contributed by atoms with Gasteiger partial charge in [0.25, 0.3) is 0 Å². The van der Waals surface area contributed by atoms with Crippen molar-refractivity contribution >= 4 is 5.78 Å². The van der Waals surface area contributed by atoms with Gasteiger partial charge in [0.1, 0.15) is 5.69 Å². The van der Waals surface area contributed by atoms with E-state index in [1.54, 1.807) is 18.0 Å². The van der Waals surface area contributed by atoms with Crippen LogP contribution in [0.3, 0.4) is 0 Å². The van der Waals surface area contributed by atoms with E-state index in [0.29, 0.717) is 18.0 Å². The summed E-state index contributed by atoms with van der Waals surface area (Å²) >= 11 is 0. The highest BCUT2D eigenvalue weighted by Crippen LogP contribution is 2.29. The van der Waals surface area contributed by atoms with Gasteiger partial charge >= 0.3 is 0 Å². The Kier molecular flexibility index (Phi) is 5.36. The van der Waals surface area contributed by atoms with Gasteiger partial charge in [-0.1, -0.05) is 6.42 Å². The van der Waals surface area contributed by atoms with Crippen LogP contribution in [0.2, 0.25) is 0 Å². The highest BCUT2D eigenvalue weighted by atomic mass is 16.5. The van der Waals surface area contributed by atoms with Crippen molar-refractivity contribution in [3.63, 3.8) is 0 Å². The van der Waals surface area contributed by atoms with E-state index in [4.69, 9.17) is 10.5 Å². The normalized spacial score (nSPS) is 22.5. The first-order chi connectivity index (χ1) is 10.0. The SMILES string of the molecule is COc1cnn(CCN(C)C)c1C(=O)C1CCCC(N)C1. The van der Waals surface area contributed by atoms with E-state index in [2.05, 4.69) is 10.00 Å². The van der Waals surface area contributed by atoms with Crippen LogP contribution in [-0.4, -0.2) is 54.3 Å². The Bertz CT molecular complexity index is 484. The van der Waals surface area contributed by atoms with Crippen LogP contribution in [0.25, 0.3) is 0 Å². The smallest absolute Gasteiger partial charge is 0.187 e. The lowest BCUT2D eigenvalue weighted by molar-refractivity contribution is 0.0866. The summed E-state index contributed by atoms with van der Waals surface area (Å²) in [4.78, 5) is 14.9. The predicted octanol–water partition coefficient (Wildman–Crippen LogP) is 1.15. The molecule has 0 aromatic carbocycles. The molecule has 6 heteroatoms. The largest absolute Gasteiger partial charge is 0.493 e. The van der Waals surface area contributed by atoms with Crippen LogP contribution in [0, 0.1) is 5.92 Å². The van der Waals surface area contributed by atoms with E-state index >= 15 is 0 Å². The number of methoxy groups -OCH3 is 1. The Balaban J connectivity index is 2.19. The van der Waals surface area contributed by atoms with Crippen LogP contribution in [0.15, 0.2) is 6.20 Å². The van der Waals surface area contributed by atoms with Gasteiger partial charge in [-0.05, 0) is 33.4 Å². The van der Waals surface area contributed by atoms with E-state index in [-0.39, 0.29) is 17.7 Å². The van der Waals surface area contributed by atoms with Crippen LogP contribution >= 0.6 is 0 Å². The molecule has 1 aliphatic carbocycles. The topological polar surface area (TPSA) is 73.4 Å². The van der Waals surface area contributed by atoms with Gasteiger partial charge in [-0.3, -0.25) is 9.48 Å². The van der Waals surface area contributed by atoms with E-state index < -0.39 is 0 Å². The summed E-state index contributed by atoms with van der Waals surface area (Å²) in [6.07, 6.45) is 5.34. The number of rotatable bonds is 6. The fourth-order valence-electron chi connectivity index (χ4n) is 2.89. The predicted molar refractivity (Wildman–Crippen MR) is 81.6 cm³/mol. The first kappa shape index (κ1) is 16.0. The number of Topliss-reactive ketones (excluding diaryl/α,β-unsaturated/α-hetero) is 1. The van der Waals surface area contributed by atoms with E-state index in [0.717, 1.165) is 32.2 Å². The fourth-order valence-corrected chi connectivity index (χ4v) is 2.89. The second-order valence-electron chi connectivity index (χ2n) is 6.08. The molecular formula is C15H26N4O2. The lowest BCUT2D eigenvalue weighted by atomic mass is 9.82. The molecule has 0 aliphatic heterocycles. The van der Waals surface area contributed by atoms with Gasteiger partial charge in [0, 0.05) is 18.5 Å². The van der Waals surface area contributed by atoms with Crippen LogP contribution in [-0.2, 0) is 6.54 Å². The molecule has 0 bridgehead atoms. The molecule has 1 saturated carbocycles. The minimum absolute atomic E-state index is 0.00236. The second-order valence-corrected chi connectivity index (χ2v) is 6.08. The molecule has 1 aromatic rings. The van der Waals surface area contributed by atoms with Gasteiger partial charge in [-0.15, -0.1) is 0 Å². The summed E-state index contributed by atoms with van der Waals surface area (Å²) in [5.41, 5.74) is 6.61. The standard InChI is InChI=1S/C15H26N4O2/c1-18(2)7-8-19-14(13(21-3)10-17-19)15(20)11-5-4-6-12(16)9-11/h10-12H,4-9,16H2,1-3H3. The molecule has 2 unspecified atom stereocenters. The number of nitrogens with zero attached hydrogens (tertiary/aromatic N) is 3. The number of hydrogen-bond acceptors (Lipinski definition) is 5. The molecule has 0 saturated heterocycles. The minimum atomic E-state index is -0.00236. The molecule has 0 spiro atoms. The molecule has 1 heterocycles. The van der Waals surface area contributed by atoms with Crippen LogP contribution in [0.1, 0.15) is 36.2 Å². The van der Waals surface area contributed by atoms with Crippen molar-refractivity contribution in [3.05, 3.63) is 11.9 Å². The maximum absolute atomic E-state index is 12.8.